The van der Waals surface area contributed by atoms with Gasteiger partial charge in [-0.25, -0.2) is 0 Å². The topological polar surface area (TPSA) is 87.5 Å². The van der Waals surface area contributed by atoms with Gasteiger partial charge in [-0.1, -0.05) is 23.9 Å². The molecule has 3 heterocycles. The van der Waals surface area contributed by atoms with Gasteiger partial charge in [-0.3, -0.25) is 9.36 Å². The average Bonchev–Trinajstić information content (AvgIpc) is 3.56. The summed E-state index contributed by atoms with van der Waals surface area (Å²) in [6, 6.07) is 12.4. The van der Waals surface area contributed by atoms with Crippen LogP contribution < -0.4 is 19.5 Å². The van der Waals surface area contributed by atoms with E-state index in [9.17, 15) is 4.79 Å². The van der Waals surface area contributed by atoms with E-state index in [1.54, 1.807) is 0 Å². The van der Waals surface area contributed by atoms with Gasteiger partial charge in [0.15, 0.2) is 22.5 Å². The molecule has 0 saturated heterocycles. The van der Waals surface area contributed by atoms with Gasteiger partial charge in [0.2, 0.25) is 5.91 Å². The maximum Gasteiger partial charge on any atom is 0.230 e. The number of amides is 1. The quantitative estimate of drug-likeness (QED) is 0.495. The van der Waals surface area contributed by atoms with Crippen molar-refractivity contribution < 1.29 is 19.0 Å². The van der Waals surface area contributed by atoms with Crippen molar-refractivity contribution in [2.75, 3.05) is 19.0 Å². The summed E-state index contributed by atoms with van der Waals surface area (Å²) < 4.78 is 19.5. The molecule has 2 aliphatic heterocycles. The van der Waals surface area contributed by atoms with Crippen LogP contribution in [-0.2, 0) is 17.8 Å². The lowest BCUT2D eigenvalue weighted by atomic mass is 10.1. The maximum atomic E-state index is 12.6. The molecule has 1 N–H and O–H groups in total. The summed E-state index contributed by atoms with van der Waals surface area (Å²) in [6.07, 6.45) is 4.18. The van der Waals surface area contributed by atoms with Crippen molar-refractivity contribution in [2.45, 2.75) is 56.5 Å². The Morgan fingerprint density at radius 1 is 1.09 bits per heavy atom. The first kappa shape index (κ1) is 22.3. The van der Waals surface area contributed by atoms with Crippen LogP contribution in [0.15, 0.2) is 41.6 Å². The van der Waals surface area contributed by atoms with Crippen molar-refractivity contribution in [2.24, 2.45) is 0 Å². The minimum Gasteiger partial charge on any atom is -0.490 e. The van der Waals surface area contributed by atoms with Gasteiger partial charge in [-0.05, 0) is 55.2 Å². The number of fused-ring (bicyclic) bond motifs is 2. The summed E-state index contributed by atoms with van der Waals surface area (Å²) in [5.41, 5.74) is 3.23. The van der Waals surface area contributed by atoms with E-state index in [0.717, 1.165) is 65.0 Å². The maximum absolute atomic E-state index is 12.6. The van der Waals surface area contributed by atoms with Gasteiger partial charge in [0.1, 0.15) is 11.9 Å². The predicted octanol–water partition coefficient (Wildman–Crippen LogP) is 4.17. The first-order valence-corrected chi connectivity index (χ1v) is 13.2. The lowest BCUT2D eigenvalue weighted by Crippen LogP contribution is -2.24. The number of nitrogens with one attached hydrogen (secondary N) is 1. The molecule has 0 unspecified atom stereocenters. The highest BCUT2D eigenvalue weighted by molar-refractivity contribution is 7.99. The molecule has 0 spiro atoms. The number of carbonyl (C=O) groups excluding carboxylic acids is 1. The van der Waals surface area contributed by atoms with Crippen LogP contribution in [0, 0.1) is 0 Å². The highest BCUT2D eigenvalue weighted by Crippen LogP contribution is 2.42. The van der Waals surface area contributed by atoms with Crippen molar-refractivity contribution in [1.29, 1.82) is 0 Å². The number of aromatic nitrogens is 3. The molecule has 1 atom stereocenters. The molecule has 35 heavy (non-hydrogen) atoms. The molecule has 0 bridgehead atoms. The summed E-state index contributed by atoms with van der Waals surface area (Å²) >= 11 is 1.43. The van der Waals surface area contributed by atoms with Gasteiger partial charge in [0.25, 0.3) is 0 Å². The Morgan fingerprint density at radius 2 is 1.91 bits per heavy atom. The van der Waals surface area contributed by atoms with Gasteiger partial charge in [0, 0.05) is 31.0 Å². The van der Waals surface area contributed by atoms with E-state index in [1.165, 1.54) is 17.3 Å². The normalized spacial score (nSPS) is 18.5. The van der Waals surface area contributed by atoms with E-state index in [1.807, 2.05) is 30.3 Å². The zero-order chi connectivity index (χ0) is 23.8. The van der Waals surface area contributed by atoms with E-state index in [0.29, 0.717) is 25.8 Å². The van der Waals surface area contributed by atoms with Crippen molar-refractivity contribution in [3.63, 3.8) is 0 Å². The van der Waals surface area contributed by atoms with Crippen LogP contribution in [0.1, 0.15) is 43.4 Å². The molecule has 2 aromatic carbocycles. The van der Waals surface area contributed by atoms with E-state index in [-0.39, 0.29) is 17.8 Å². The van der Waals surface area contributed by atoms with Crippen molar-refractivity contribution in [3.8, 4) is 28.6 Å². The van der Waals surface area contributed by atoms with Crippen LogP contribution in [0.2, 0.25) is 0 Å². The molecule has 8 nitrogen and oxygen atoms in total. The third kappa shape index (κ3) is 4.82. The minimum atomic E-state index is -0.0254. The molecule has 1 aromatic heterocycles. The van der Waals surface area contributed by atoms with E-state index >= 15 is 0 Å². The van der Waals surface area contributed by atoms with Crippen LogP contribution >= 0.6 is 11.8 Å². The fourth-order valence-corrected chi connectivity index (χ4v) is 5.34. The number of hydrogen-bond donors (Lipinski definition) is 1. The molecule has 9 heteroatoms. The Morgan fingerprint density at radius 3 is 2.77 bits per heavy atom. The fraction of sp³-hybridized carbons (Fsp3) is 0.423. The molecule has 6 rings (SSSR count). The Labute approximate surface area is 208 Å². The van der Waals surface area contributed by atoms with E-state index < -0.39 is 0 Å². The second-order valence-corrected chi connectivity index (χ2v) is 10.2. The largest absolute Gasteiger partial charge is 0.490 e. The lowest BCUT2D eigenvalue weighted by Gasteiger charge is -2.11. The highest BCUT2D eigenvalue weighted by Gasteiger charge is 2.31. The van der Waals surface area contributed by atoms with Gasteiger partial charge >= 0.3 is 0 Å². The van der Waals surface area contributed by atoms with E-state index in [2.05, 4.69) is 33.1 Å². The standard InChI is InChI=1S/C26H28N4O4S/c1-16-11-19-12-17(3-7-21(19)34-16)14-27-24(31)15-35-26-29-28-25(30(26)20-5-6-20)18-4-8-22-23(13-18)33-10-2-9-32-22/h3-4,7-8,12-13,16,20H,2,5-6,9-11,14-15H2,1H3,(H,27,31)/t16-/m1/s1. The number of rotatable bonds is 7. The number of benzene rings is 2. The third-order valence-electron chi connectivity index (χ3n) is 6.36. The second kappa shape index (κ2) is 9.45. The third-order valence-corrected chi connectivity index (χ3v) is 7.31. The first-order valence-electron chi connectivity index (χ1n) is 12.2. The molecule has 1 aliphatic carbocycles. The second-order valence-electron chi connectivity index (χ2n) is 9.26. The zero-order valence-electron chi connectivity index (χ0n) is 19.7. The van der Waals surface area contributed by atoms with Crippen molar-refractivity contribution in [3.05, 3.63) is 47.5 Å². The molecule has 1 saturated carbocycles. The molecular formula is C26H28N4O4S. The highest BCUT2D eigenvalue weighted by atomic mass is 32.2. The number of thioether (sulfide) groups is 1. The summed E-state index contributed by atoms with van der Waals surface area (Å²) in [5.74, 6) is 3.53. The number of ether oxygens (including phenoxy) is 3. The van der Waals surface area contributed by atoms with Crippen LogP contribution in [0.5, 0.6) is 17.2 Å². The number of hydrogen-bond acceptors (Lipinski definition) is 7. The molecule has 1 amide bonds. The molecule has 1 fully saturated rings. The van der Waals surface area contributed by atoms with Gasteiger partial charge in [-0.15, -0.1) is 10.2 Å². The summed E-state index contributed by atoms with van der Waals surface area (Å²) in [4.78, 5) is 12.6. The molecule has 3 aromatic rings. The summed E-state index contributed by atoms with van der Waals surface area (Å²) in [7, 11) is 0. The molecular weight excluding hydrogens is 464 g/mol. The van der Waals surface area contributed by atoms with Crippen LogP contribution in [-0.4, -0.2) is 45.7 Å². The minimum absolute atomic E-state index is 0.0254. The first-order chi connectivity index (χ1) is 17.1. The fourth-order valence-electron chi connectivity index (χ4n) is 4.50. The van der Waals surface area contributed by atoms with Crippen LogP contribution in [0.25, 0.3) is 11.4 Å². The van der Waals surface area contributed by atoms with Crippen LogP contribution in [0.4, 0.5) is 0 Å². The Kier molecular flexibility index (Phi) is 6.01. The molecule has 0 radical (unpaired) electrons. The number of nitrogens with zero attached hydrogens (tertiary/aromatic N) is 3. The summed E-state index contributed by atoms with van der Waals surface area (Å²) in [6.45, 7) is 3.87. The Hall–Kier alpha value is -3.20. The zero-order valence-corrected chi connectivity index (χ0v) is 20.5. The Balaban J connectivity index is 1.11. The average molecular weight is 493 g/mol. The monoisotopic (exact) mass is 492 g/mol. The van der Waals surface area contributed by atoms with Gasteiger partial charge in [0.05, 0.1) is 19.0 Å². The van der Waals surface area contributed by atoms with Gasteiger partial charge in [-0.2, -0.15) is 0 Å². The Bertz CT molecular complexity index is 1260. The number of carbonyl (C=O) groups is 1. The predicted molar refractivity (Wildman–Crippen MR) is 132 cm³/mol. The van der Waals surface area contributed by atoms with Crippen LogP contribution in [0.3, 0.4) is 0 Å². The molecule has 182 valence electrons. The smallest absolute Gasteiger partial charge is 0.230 e. The summed E-state index contributed by atoms with van der Waals surface area (Å²) in [5, 5.41) is 12.7. The molecule has 3 aliphatic rings. The van der Waals surface area contributed by atoms with Gasteiger partial charge < -0.3 is 19.5 Å². The van der Waals surface area contributed by atoms with E-state index in [4.69, 9.17) is 14.2 Å². The van der Waals surface area contributed by atoms with Crippen molar-refractivity contribution >= 4 is 17.7 Å². The lowest BCUT2D eigenvalue weighted by molar-refractivity contribution is -0.118. The van der Waals surface area contributed by atoms with Crippen molar-refractivity contribution in [1.82, 2.24) is 20.1 Å². The SMILES string of the molecule is C[C@@H]1Cc2cc(CNC(=O)CSc3nnc(-c4ccc5c(c4)OCCCO5)n3C3CC3)ccc2O1.